The van der Waals surface area contributed by atoms with Crippen molar-refractivity contribution >= 4 is 5.78 Å². The van der Waals surface area contributed by atoms with E-state index in [1.165, 1.54) is 0 Å². The summed E-state index contributed by atoms with van der Waals surface area (Å²) < 4.78 is 22.5. The summed E-state index contributed by atoms with van der Waals surface area (Å²) in [5, 5.41) is 0. The third kappa shape index (κ3) is 90.0. The van der Waals surface area contributed by atoms with Crippen molar-refractivity contribution in [3.8, 4) is 0 Å². The van der Waals surface area contributed by atoms with E-state index in [9.17, 15) is 4.79 Å². The van der Waals surface area contributed by atoms with Crippen LogP contribution in [-0.2, 0) is 35.5 Å². The molecule has 0 saturated heterocycles. The maximum absolute atomic E-state index is 10.3. The van der Waals surface area contributed by atoms with Crippen molar-refractivity contribution in [1.29, 1.82) is 0 Å². The van der Waals surface area contributed by atoms with Gasteiger partial charge in [-0.05, 0) is 26.2 Å². The molecule has 0 aliphatic rings. The number of hydrogen-bond acceptors (Lipinski definition) is 1. The number of carbonyl (C=O) groups is 1. The molecule has 0 aromatic rings. The number of Topliss-reactive ketones (excluding diaryl/α,β-unsaturated/α-hetero) is 1. The zero-order valence-electron chi connectivity index (χ0n) is 8.41. The zero-order chi connectivity index (χ0) is 12.4. The summed E-state index contributed by atoms with van der Waals surface area (Å²) in [6.45, 7) is 17.0. The summed E-state index contributed by atoms with van der Waals surface area (Å²) in [6.07, 6.45) is 6.19. The van der Waals surface area contributed by atoms with Gasteiger partial charge < -0.3 is 4.79 Å². The van der Waals surface area contributed by atoms with Gasteiger partial charge in [0, 0.05) is 23.2 Å². The summed E-state index contributed by atoms with van der Waals surface area (Å²) in [6, 6.07) is 0. The Hall–Kier alpha value is -0.604. The first-order chi connectivity index (χ1) is 6.77. The quantitative estimate of drug-likeness (QED) is 0.425. The third-order valence-electron chi connectivity index (χ3n) is 0.734. The van der Waals surface area contributed by atoms with Crippen molar-refractivity contribution in [2.24, 2.45) is 0 Å². The first kappa shape index (κ1) is 29.3. The molecule has 0 N–H and O–H groups in total. The smallest absolute Gasteiger partial charge is 0 e. The third-order valence-corrected chi connectivity index (χ3v) is 0.734. The monoisotopic (exact) mass is 254 g/mol. The van der Waals surface area contributed by atoms with Crippen molar-refractivity contribution in [2.75, 3.05) is 0 Å². The van der Waals surface area contributed by atoms with Crippen LogP contribution in [0.15, 0.2) is 0 Å². The number of unbranched alkanes of at least 4 members (excludes halogenated alkanes) is 2. The van der Waals surface area contributed by atoms with Gasteiger partial charge in [0.2, 0.25) is 0 Å². The number of carbonyl (C=O) groups excluding carboxylic acids is 1. The Bertz CT molecular complexity index is 146. The Kier molecular flexibility index (Phi) is 98.2. The average Bonchev–Trinajstić information content (AvgIpc) is 2.27. The molecule has 0 aromatic carbocycles. The van der Waals surface area contributed by atoms with Crippen LogP contribution in [0, 0.1) is 39.2 Å². The van der Waals surface area contributed by atoms with Crippen molar-refractivity contribution in [1.82, 2.24) is 0 Å². The van der Waals surface area contributed by atoms with Crippen molar-refractivity contribution in [2.45, 2.75) is 20.3 Å². The van der Waals surface area contributed by atoms with Gasteiger partial charge in [-0.15, -0.1) is 0 Å². The summed E-state index contributed by atoms with van der Waals surface area (Å²) in [4.78, 5) is 10.3. The molecule has 0 aromatic heterocycles. The van der Waals surface area contributed by atoms with E-state index in [1.54, 1.807) is 6.92 Å². The molecule has 4 radical (unpaired) electrons. The SMILES string of the molecule is C[CH][CH][CH]CC(C)=O.[C-]#[O+].[C-]#[O+].[C-]#[O+].[Co]. The topological polar surface area (TPSA) is 76.8 Å². The fourth-order valence-electron chi connectivity index (χ4n) is 0.370. The molecular formula is C10H11CoO4. The van der Waals surface area contributed by atoms with Crippen LogP contribution in [0.2, 0.25) is 0 Å². The number of ketones is 1. The molecule has 0 bridgehead atoms. The van der Waals surface area contributed by atoms with Crippen LogP contribution in [-0.4, -0.2) is 5.78 Å². The van der Waals surface area contributed by atoms with Gasteiger partial charge in [-0.25, -0.2) is 0 Å². The maximum Gasteiger partial charge on any atom is 0 e. The molecule has 0 spiro atoms. The zero-order valence-corrected chi connectivity index (χ0v) is 9.45. The standard InChI is InChI=1S/C7H11O.3CO.Co/c1-3-4-5-6-7(2)8;3*1-2;/h3-5H,6H2,1-2H3;;;;. The first-order valence-electron chi connectivity index (χ1n) is 3.32. The number of hydrogen-bond donors (Lipinski definition) is 0. The molecule has 0 amide bonds. The Morgan fingerprint density at radius 3 is 1.67 bits per heavy atom. The molecule has 84 valence electrons. The van der Waals surface area contributed by atoms with Crippen LogP contribution >= 0.6 is 0 Å². The van der Waals surface area contributed by atoms with E-state index in [1.807, 2.05) is 26.2 Å². The molecule has 4 nitrogen and oxygen atoms in total. The van der Waals surface area contributed by atoms with Crippen LogP contribution < -0.4 is 0 Å². The van der Waals surface area contributed by atoms with Gasteiger partial charge in [-0.1, -0.05) is 6.92 Å². The molecular weight excluding hydrogens is 243 g/mol. The second kappa shape index (κ2) is 50.3. The normalized spacial score (nSPS) is 5.33. The molecule has 0 aliphatic heterocycles. The summed E-state index contributed by atoms with van der Waals surface area (Å²) >= 11 is 0. The molecule has 0 saturated carbocycles. The predicted molar refractivity (Wildman–Crippen MR) is 45.7 cm³/mol. The fourth-order valence-corrected chi connectivity index (χ4v) is 0.370. The van der Waals surface area contributed by atoms with Crippen molar-refractivity contribution < 1.29 is 35.5 Å². The van der Waals surface area contributed by atoms with Crippen LogP contribution in [0.5, 0.6) is 0 Å². The largest absolute Gasteiger partial charge is 0 e. The van der Waals surface area contributed by atoms with E-state index in [0.717, 1.165) is 0 Å². The molecule has 0 fully saturated rings. The summed E-state index contributed by atoms with van der Waals surface area (Å²) in [5.74, 6) is 0.211. The van der Waals surface area contributed by atoms with Gasteiger partial charge in [0.15, 0.2) is 0 Å². The molecule has 0 aliphatic carbocycles. The minimum Gasteiger partial charge on any atom is 0 e. The van der Waals surface area contributed by atoms with Crippen LogP contribution in [0.4, 0.5) is 0 Å². The molecule has 15 heavy (non-hydrogen) atoms. The summed E-state index contributed by atoms with van der Waals surface area (Å²) in [7, 11) is 0. The van der Waals surface area contributed by atoms with Gasteiger partial charge in [-0.3, -0.25) is 0 Å². The number of rotatable bonds is 4. The first-order valence-corrected chi connectivity index (χ1v) is 3.32. The van der Waals surface area contributed by atoms with E-state index >= 15 is 0 Å². The second-order valence-corrected chi connectivity index (χ2v) is 1.67. The Balaban J connectivity index is -0.0000000410. The van der Waals surface area contributed by atoms with E-state index < -0.39 is 0 Å². The van der Waals surface area contributed by atoms with Crippen LogP contribution in [0.1, 0.15) is 20.3 Å². The second-order valence-electron chi connectivity index (χ2n) is 1.67. The Morgan fingerprint density at radius 1 is 1.13 bits per heavy atom. The summed E-state index contributed by atoms with van der Waals surface area (Å²) in [5.41, 5.74) is 0. The van der Waals surface area contributed by atoms with E-state index in [2.05, 4.69) is 20.0 Å². The fraction of sp³-hybridized carbons (Fsp3) is 0.300. The molecule has 0 heterocycles. The minimum atomic E-state index is 0. The molecule has 0 atom stereocenters. The van der Waals surface area contributed by atoms with E-state index in [4.69, 9.17) is 14.0 Å². The van der Waals surface area contributed by atoms with E-state index in [0.29, 0.717) is 6.42 Å². The Labute approximate surface area is 101 Å². The van der Waals surface area contributed by atoms with Gasteiger partial charge in [0.25, 0.3) is 0 Å². The van der Waals surface area contributed by atoms with Crippen molar-refractivity contribution in [3.63, 3.8) is 0 Å². The van der Waals surface area contributed by atoms with Gasteiger partial charge in [0.1, 0.15) is 5.78 Å². The average molecular weight is 254 g/mol. The van der Waals surface area contributed by atoms with Crippen LogP contribution in [0.3, 0.4) is 0 Å². The van der Waals surface area contributed by atoms with Crippen molar-refractivity contribution in [3.05, 3.63) is 39.2 Å². The predicted octanol–water partition coefficient (Wildman–Crippen LogP) is 1.48. The maximum atomic E-state index is 10.3. The molecule has 0 rings (SSSR count). The van der Waals surface area contributed by atoms with Gasteiger partial charge in [0.05, 0.1) is 0 Å². The van der Waals surface area contributed by atoms with Gasteiger partial charge in [-0.2, -0.15) is 0 Å². The Morgan fingerprint density at radius 2 is 1.47 bits per heavy atom. The minimum absolute atomic E-state index is 0. The van der Waals surface area contributed by atoms with Crippen LogP contribution in [0.25, 0.3) is 0 Å². The van der Waals surface area contributed by atoms with E-state index in [-0.39, 0.29) is 22.6 Å². The molecule has 5 heteroatoms. The molecule has 0 unspecified atom stereocenters. The van der Waals surface area contributed by atoms with Gasteiger partial charge >= 0.3 is 33.9 Å².